The van der Waals surface area contributed by atoms with Gasteiger partial charge >= 0.3 is 0 Å². The Balaban J connectivity index is 1.50. The fourth-order valence-corrected chi connectivity index (χ4v) is 4.50. The van der Waals surface area contributed by atoms with E-state index in [-0.39, 0.29) is 18.2 Å². The molecule has 0 amide bonds. The Kier molecular flexibility index (Phi) is 6.74. The van der Waals surface area contributed by atoms with Crippen molar-refractivity contribution in [1.82, 2.24) is 9.80 Å². The van der Waals surface area contributed by atoms with Gasteiger partial charge in [0.2, 0.25) is 0 Å². The molecule has 2 heterocycles. The molecule has 2 fully saturated rings. The second-order valence-electron chi connectivity index (χ2n) is 8.65. The van der Waals surface area contributed by atoms with E-state index < -0.39 is 5.92 Å². The first-order chi connectivity index (χ1) is 12.8. The molecule has 0 bridgehead atoms. The predicted octanol–water partition coefficient (Wildman–Crippen LogP) is 4.62. The lowest BCUT2D eigenvalue weighted by molar-refractivity contribution is -0.0473. The lowest BCUT2D eigenvalue weighted by atomic mass is 9.79. The van der Waals surface area contributed by atoms with E-state index in [1.165, 1.54) is 38.1 Å². The lowest BCUT2D eigenvalue weighted by Crippen LogP contribution is -2.43. The highest BCUT2D eigenvalue weighted by Gasteiger charge is 2.36. The van der Waals surface area contributed by atoms with Crippen molar-refractivity contribution >= 4 is 0 Å². The van der Waals surface area contributed by atoms with E-state index >= 15 is 0 Å². The molecule has 27 heavy (non-hydrogen) atoms. The molecule has 2 aliphatic rings. The van der Waals surface area contributed by atoms with Gasteiger partial charge in [-0.15, -0.1) is 0 Å². The van der Waals surface area contributed by atoms with E-state index in [4.69, 9.17) is 4.74 Å². The summed E-state index contributed by atoms with van der Waals surface area (Å²) in [7, 11) is 2.18. The number of rotatable bonds is 6. The average molecular weight is 381 g/mol. The van der Waals surface area contributed by atoms with Crippen molar-refractivity contribution in [2.45, 2.75) is 51.6 Å². The molecule has 0 spiro atoms. The second-order valence-corrected chi connectivity index (χ2v) is 8.65. The maximum atomic E-state index is 14.7. The second kappa shape index (κ2) is 8.87. The maximum Gasteiger partial charge on any atom is 0.285 e. The molecule has 0 radical (unpaired) electrons. The first-order valence-electron chi connectivity index (χ1n) is 10.4. The largest absolute Gasteiger partial charge is 0.491 e. The molecule has 3 rings (SSSR count). The van der Waals surface area contributed by atoms with Crippen LogP contribution in [0.4, 0.5) is 8.78 Å². The van der Waals surface area contributed by atoms with E-state index in [1.807, 2.05) is 18.7 Å². The summed E-state index contributed by atoms with van der Waals surface area (Å²) in [6, 6.07) is 6.30. The van der Waals surface area contributed by atoms with E-state index in [2.05, 4.69) is 11.9 Å². The van der Waals surface area contributed by atoms with E-state index in [0.29, 0.717) is 5.75 Å². The van der Waals surface area contributed by atoms with Gasteiger partial charge < -0.3 is 9.64 Å². The zero-order valence-electron chi connectivity index (χ0n) is 17.0. The summed E-state index contributed by atoms with van der Waals surface area (Å²) in [5.41, 5.74) is 0.0797. The molecule has 2 saturated heterocycles. The zero-order chi connectivity index (χ0) is 19.4. The van der Waals surface area contributed by atoms with Crippen LogP contribution >= 0.6 is 0 Å². The molecular formula is C22H34F2N2O. The topological polar surface area (TPSA) is 15.7 Å². The number of alkyl halides is 2. The molecule has 0 N–H and O–H groups in total. The third kappa shape index (κ3) is 5.64. The summed E-state index contributed by atoms with van der Waals surface area (Å²) >= 11 is 0. The molecule has 0 aliphatic carbocycles. The lowest BCUT2D eigenvalue weighted by Gasteiger charge is -2.40. The van der Waals surface area contributed by atoms with Crippen molar-refractivity contribution in [3.63, 3.8) is 0 Å². The summed E-state index contributed by atoms with van der Waals surface area (Å²) in [5.74, 6) is -0.673. The van der Waals surface area contributed by atoms with Crippen molar-refractivity contribution in [2.75, 3.05) is 39.8 Å². The molecule has 5 heteroatoms. The molecule has 2 aliphatic heterocycles. The van der Waals surface area contributed by atoms with Gasteiger partial charge in [-0.25, -0.2) is 0 Å². The number of hydrogen-bond donors (Lipinski definition) is 0. The standard InChI is InChI=1S/C22H34F2N2O/c1-17(2)27-21-6-4-20(5-7-21)22(23,24)16-26-14-10-19(11-15-26)18-8-12-25(3)13-9-18/h4-7,17-19H,8-16H2,1-3H3. The Morgan fingerprint density at radius 2 is 1.48 bits per heavy atom. The Hall–Kier alpha value is -1.20. The van der Waals surface area contributed by atoms with Gasteiger partial charge in [0.1, 0.15) is 5.75 Å². The summed E-state index contributed by atoms with van der Waals surface area (Å²) < 4.78 is 35.0. The summed E-state index contributed by atoms with van der Waals surface area (Å²) in [4.78, 5) is 4.34. The minimum Gasteiger partial charge on any atom is -0.491 e. The fraction of sp³-hybridized carbons (Fsp3) is 0.727. The van der Waals surface area contributed by atoms with Gasteiger partial charge in [0.25, 0.3) is 5.92 Å². The van der Waals surface area contributed by atoms with Crippen molar-refractivity contribution in [2.24, 2.45) is 11.8 Å². The van der Waals surface area contributed by atoms with Crippen LogP contribution in [0.15, 0.2) is 24.3 Å². The highest BCUT2D eigenvalue weighted by Crippen LogP contribution is 2.35. The fourth-order valence-electron chi connectivity index (χ4n) is 4.50. The minimum atomic E-state index is -2.82. The van der Waals surface area contributed by atoms with Crippen molar-refractivity contribution in [3.05, 3.63) is 29.8 Å². The average Bonchev–Trinajstić information content (AvgIpc) is 2.63. The van der Waals surface area contributed by atoms with Crippen LogP contribution in [-0.2, 0) is 5.92 Å². The first-order valence-corrected chi connectivity index (χ1v) is 10.4. The van der Waals surface area contributed by atoms with Gasteiger partial charge in [-0.1, -0.05) is 0 Å². The van der Waals surface area contributed by atoms with Gasteiger partial charge in [0.05, 0.1) is 12.6 Å². The van der Waals surface area contributed by atoms with Gasteiger partial charge in [0.15, 0.2) is 0 Å². The Bertz CT molecular complexity index is 574. The first kappa shape index (κ1) is 20.5. The van der Waals surface area contributed by atoms with Crippen molar-refractivity contribution in [3.8, 4) is 5.75 Å². The zero-order valence-corrected chi connectivity index (χ0v) is 17.0. The van der Waals surface area contributed by atoms with Crippen LogP contribution in [0.3, 0.4) is 0 Å². The van der Waals surface area contributed by atoms with Crippen LogP contribution in [-0.4, -0.2) is 55.7 Å². The summed E-state index contributed by atoms with van der Waals surface area (Å²) in [5, 5.41) is 0. The summed E-state index contributed by atoms with van der Waals surface area (Å²) in [6.45, 7) is 7.62. The molecule has 1 aromatic rings. The third-order valence-corrected chi connectivity index (χ3v) is 6.13. The van der Waals surface area contributed by atoms with Crippen molar-refractivity contribution in [1.29, 1.82) is 0 Å². The predicted molar refractivity (Wildman–Crippen MR) is 105 cm³/mol. The third-order valence-electron chi connectivity index (χ3n) is 6.13. The van der Waals surface area contributed by atoms with Crippen LogP contribution < -0.4 is 4.74 Å². The van der Waals surface area contributed by atoms with Gasteiger partial charge in [-0.05, 0) is 109 Å². The Morgan fingerprint density at radius 3 is 2.00 bits per heavy atom. The molecule has 0 atom stereocenters. The monoisotopic (exact) mass is 380 g/mol. The quantitative estimate of drug-likeness (QED) is 0.716. The van der Waals surface area contributed by atoms with E-state index in [1.54, 1.807) is 12.1 Å². The number of halogens is 2. The summed E-state index contributed by atoms with van der Waals surface area (Å²) in [6.07, 6.45) is 4.70. The Morgan fingerprint density at radius 1 is 0.963 bits per heavy atom. The highest BCUT2D eigenvalue weighted by atomic mass is 19.3. The van der Waals surface area contributed by atoms with Gasteiger partial charge in [0, 0.05) is 5.56 Å². The molecule has 1 aromatic carbocycles. The molecule has 0 saturated carbocycles. The van der Waals surface area contributed by atoms with Crippen LogP contribution in [0.1, 0.15) is 45.1 Å². The SMILES string of the molecule is CC(C)Oc1ccc(C(F)(F)CN2CCC(C3CCN(C)CC3)CC2)cc1. The molecule has 0 aromatic heterocycles. The number of piperidine rings is 2. The van der Waals surface area contributed by atoms with Crippen molar-refractivity contribution < 1.29 is 13.5 Å². The number of benzene rings is 1. The normalized spacial score (nSPS) is 21.7. The smallest absolute Gasteiger partial charge is 0.285 e. The number of likely N-dealkylation sites (tertiary alicyclic amines) is 2. The van der Waals surface area contributed by atoms with Crippen LogP contribution in [0.25, 0.3) is 0 Å². The van der Waals surface area contributed by atoms with Gasteiger partial charge in [-0.3, -0.25) is 4.90 Å². The van der Waals surface area contributed by atoms with E-state index in [0.717, 1.165) is 37.8 Å². The highest BCUT2D eigenvalue weighted by molar-refractivity contribution is 5.30. The number of nitrogens with zero attached hydrogens (tertiary/aromatic N) is 2. The minimum absolute atomic E-state index is 0.0437. The van der Waals surface area contributed by atoms with Crippen LogP contribution in [0.2, 0.25) is 0 Å². The number of ether oxygens (including phenoxy) is 1. The van der Waals surface area contributed by atoms with Crippen LogP contribution in [0, 0.1) is 11.8 Å². The number of hydrogen-bond acceptors (Lipinski definition) is 3. The van der Waals surface area contributed by atoms with Crippen LogP contribution in [0.5, 0.6) is 5.75 Å². The maximum absolute atomic E-state index is 14.7. The molecule has 152 valence electrons. The molecular weight excluding hydrogens is 346 g/mol. The van der Waals surface area contributed by atoms with Gasteiger partial charge in [-0.2, -0.15) is 8.78 Å². The Labute approximate surface area is 162 Å². The van der Waals surface area contributed by atoms with E-state index in [9.17, 15) is 8.78 Å². The molecule has 3 nitrogen and oxygen atoms in total. The molecule has 0 unspecified atom stereocenters.